The van der Waals surface area contributed by atoms with Crippen molar-refractivity contribution in [3.8, 4) is 16.9 Å². The molecule has 0 aromatic heterocycles. The third-order valence-electron chi connectivity index (χ3n) is 3.45. The largest absolute Gasteiger partial charge is 0.506 e. The predicted molar refractivity (Wildman–Crippen MR) is 100 cm³/mol. The number of carbonyl (C=O) groups is 2. The van der Waals surface area contributed by atoms with Gasteiger partial charge in [-0.25, -0.2) is 8.78 Å². The third kappa shape index (κ3) is 4.61. The molecule has 0 heterocycles. The zero-order valence-electron chi connectivity index (χ0n) is 13.4. The van der Waals surface area contributed by atoms with Crippen molar-refractivity contribution in [3.05, 3.63) is 50.1 Å². The lowest BCUT2D eigenvalue weighted by Gasteiger charge is -2.12. The first-order valence-corrected chi connectivity index (χ1v) is 8.72. The van der Waals surface area contributed by atoms with Gasteiger partial charge < -0.3 is 15.2 Å². The fraction of sp³-hybridized carbons (Fsp3) is 0.176. The second kappa shape index (κ2) is 8.63. The van der Waals surface area contributed by atoms with Gasteiger partial charge in [-0.2, -0.15) is 0 Å². The highest BCUT2D eigenvalue weighted by Crippen LogP contribution is 2.36. The van der Waals surface area contributed by atoms with Crippen molar-refractivity contribution >= 4 is 46.1 Å². The van der Waals surface area contributed by atoms with Gasteiger partial charge in [-0.3, -0.25) is 9.59 Å². The van der Waals surface area contributed by atoms with E-state index in [0.29, 0.717) is 6.07 Å². The molecule has 0 aliphatic heterocycles. The number of benzene rings is 2. The van der Waals surface area contributed by atoms with E-state index in [0.717, 1.165) is 6.07 Å². The van der Waals surface area contributed by atoms with Crippen LogP contribution < -0.4 is 5.32 Å². The zero-order valence-corrected chi connectivity index (χ0v) is 16.3. The molecular formula is C17H13ClF2INO4. The van der Waals surface area contributed by atoms with Crippen LogP contribution in [0.15, 0.2) is 24.3 Å². The molecule has 0 bridgehead atoms. The van der Waals surface area contributed by atoms with Crippen molar-refractivity contribution in [2.24, 2.45) is 0 Å². The van der Waals surface area contributed by atoms with Crippen LogP contribution in [0.25, 0.3) is 11.1 Å². The maximum atomic E-state index is 14.2. The molecule has 0 radical (unpaired) electrons. The topological polar surface area (TPSA) is 75.6 Å². The Morgan fingerprint density at radius 2 is 1.96 bits per heavy atom. The van der Waals surface area contributed by atoms with Crippen LogP contribution in [-0.4, -0.2) is 30.6 Å². The average molecular weight is 496 g/mol. The summed E-state index contributed by atoms with van der Waals surface area (Å²) in [5.74, 6) is -3.19. The summed E-state index contributed by atoms with van der Waals surface area (Å²) < 4.78 is 32.1. The lowest BCUT2D eigenvalue weighted by Crippen LogP contribution is -2.26. The number of hydrogen-bond acceptors (Lipinski definition) is 4. The third-order valence-corrected chi connectivity index (χ3v) is 4.57. The van der Waals surface area contributed by atoms with Gasteiger partial charge in [0.2, 0.25) is 0 Å². The smallest absolute Gasteiger partial charge is 0.307 e. The molecule has 0 aliphatic carbocycles. The van der Waals surface area contributed by atoms with Crippen molar-refractivity contribution in [1.82, 2.24) is 5.32 Å². The van der Waals surface area contributed by atoms with Gasteiger partial charge in [-0.05, 0) is 46.4 Å². The van der Waals surface area contributed by atoms with Crippen molar-refractivity contribution in [3.63, 3.8) is 0 Å². The van der Waals surface area contributed by atoms with Crippen LogP contribution in [0.3, 0.4) is 0 Å². The molecule has 0 fully saturated rings. The normalized spacial score (nSPS) is 10.5. The fourth-order valence-electron chi connectivity index (χ4n) is 2.21. The molecule has 0 saturated carbocycles. The predicted octanol–water partition coefficient (Wildman–Crippen LogP) is 3.89. The monoisotopic (exact) mass is 495 g/mol. The Bertz CT molecular complexity index is 853. The van der Waals surface area contributed by atoms with Gasteiger partial charge in [0.25, 0.3) is 5.91 Å². The van der Waals surface area contributed by atoms with Gasteiger partial charge in [0.15, 0.2) is 0 Å². The summed E-state index contributed by atoms with van der Waals surface area (Å²) in [6.07, 6.45) is -0.0434. The Labute approximate surface area is 166 Å². The quantitative estimate of drug-likeness (QED) is 0.488. The average Bonchev–Trinajstić information content (AvgIpc) is 2.56. The fourth-order valence-corrected chi connectivity index (χ4v) is 3.14. The molecule has 2 N–H and O–H groups in total. The lowest BCUT2D eigenvalue weighted by molar-refractivity contribution is -0.140. The van der Waals surface area contributed by atoms with E-state index in [1.807, 2.05) is 0 Å². The summed E-state index contributed by atoms with van der Waals surface area (Å²) in [7, 11) is 1.22. The second-order valence-corrected chi connectivity index (χ2v) is 6.75. The van der Waals surface area contributed by atoms with Crippen LogP contribution in [0.4, 0.5) is 8.78 Å². The molecule has 0 aliphatic rings. The van der Waals surface area contributed by atoms with E-state index in [4.69, 9.17) is 11.6 Å². The summed E-state index contributed by atoms with van der Waals surface area (Å²) >= 11 is 7.71. The Balaban J connectivity index is 2.38. The van der Waals surface area contributed by atoms with Gasteiger partial charge in [0.05, 0.1) is 27.7 Å². The molecule has 2 rings (SSSR count). The summed E-state index contributed by atoms with van der Waals surface area (Å²) in [4.78, 5) is 23.4. The number of ether oxygens (including phenoxy) is 1. The number of aromatic hydroxyl groups is 1. The maximum Gasteiger partial charge on any atom is 0.307 e. The van der Waals surface area contributed by atoms with Crippen molar-refractivity contribution in [1.29, 1.82) is 0 Å². The van der Waals surface area contributed by atoms with E-state index < -0.39 is 23.5 Å². The molecule has 0 saturated heterocycles. The Morgan fingerprint density at radius 1 is 1.27 bits per heavy atom. The van der Waals surface area contributed by atoms with Gasteiger partial charge in [0, 0.05) is 18.2 Å². The van der Waals surface area contributed by atoms with E-state index in [1.165, 1.54) is 19.2 Å². The second-order valence-electron chi connectivity index (χ2n) is 5.18. The van der Waals surface area contributed by atoms with E-state index in [2.05, 4.69) is 10.1 Å². The number of amides is 1. The highest BCUT2D eigenvalue weighted by atomic mass is 127. The first kappa shape index (κ1) is 20.4. The van der Waals surface area contributed by atoms with E-state index >= 15 is 0 Å². The maximum absolute atomic E-state index is 14.2. The van der Waals surface area contributed by atoms with E-state index in [1.54, 1.807) is 22.6 Å². The number of hydrogen-bond donors (Lipinski definition) is 2. The number of rotatable bonds is 5. The summed E-state index contributed by atoms with van der Waals surface area (Å²) in [5.41, 5.74) is -0.0148. The SMILES string of the molecule is COC(=O)CCNC(=O)c1cc(-c2c(F)cc(F)cc2Cl)cc(I)c1O. The zero-order chi connectivity index (χ0) is 19.4. The Kier molecular flexibility index (Phi) is 6.76. The Hall–Kier alpha value is -1.94. The van der Waals surface area contributed by atoms with Gasteiger partial charge in [-0.15, -0.1) is 0 Å². The van der Waals surface area contributed by atoms with Crippen molar-refractivity contribution in [2.75, 3.05) is 13.7 Å². The Morgan fingerprint density at radius 3 is 2.58 bits per heavy atom. The first-order chi connectivity index (χ1) is 12.2. The van der Waals surface area contributed by atoms with Crippen molar-refractivity contribution < 1.29 is 28.2 Å². The minimum absolute atomic E-state index is 0.00256. The van der Waals surface area contributed by atoms with Crippen LogP contribution in [-0.2, 0) is 9.53 Å². The molecule has 1 amide bonds. The van der Waals surface area contributed by atoms with Crippen LogP contribution in [0.5, 0.6) is 5.75 Å². The number of nitrogens with one attached hydrogen (secondary N) is 1. The van der Waals surface area contributed by atoms with Gasteiger partial charge >= 0.3 is 5.97 Å². The van der Waals surface area contributed by atoms with Crippen LogP contribution in [0.1, 0.15) is 16.8 Å². The number of phenols is 1. The van der Waals surface area contributed by atoms with Gasteiger partial charge in [-0.1, -0.05) is 11.6 Å². The standard InChI is InChI=1S/C17H13ClF2INO4/c1-26-14(23)2-3-22-17(25)10-4-8(5-13(21)16(10)24)15-11(18)6-9(19)7-12(15)20/h4-7,24H,2-3H2,1H3,(H,22,25). The number of esters is 1. The van der Waals surface area contributed by atoms with Crippen LogP contribution >= 0.6 is 34.2 Å². The molecule has 2 aromatic rings. The molecule has 0 unspecified atom stereocenters. The number of methoxy groups -OCH3 is 1. The molecule has 0 atom stereocenters. The number of halogens is 4. The van der Waals surface area contributed by atoms with Crippen molar-refractivity contribution in [2.45, 2.75) is 6.42 Å². The highest BCUT2D eigenvalue weighted by Gasteiger charge is 2.19. The van der Waals surface area contributed by atoms with Crippen LogP contribution in [0.2, 0.25) is 5.02 Å². The summed E-state index contributed by atoms with van der Waals surface area (Å²) in [5, 5.41) is 12.4. The summed E-state index contributed by atoms with van der Waals surface area (Å²) in [6.45, 7) is -0.00256. The minimum atomic E-state index is -0.895. The number of carbonyl (C=O) groups excluding carboxylic acids is 2. The molecule has 2 aromatic carbocycles. The highest BCUT2D eigenvalue weighted by molar-refractivity contribution is 14.1. The molecular weight excluding hydrogens is 483 g/mol. The van der Waals surface area contributed by atoms with Gasteiger partial charge in [0.1, 0.15) is 17.4 Å². The molecule has 5 nitrogen and oxygen atoms in total. The van der Waals surface area contributed by atoms with E-state index in [9.17, 15) is 23.5 Å². The van der Waals surface area contributed by atoms with E-state index in [-0.39, 0.29) is 44.0 Å². The summed E-state index contributed by atoms with van der Waals surface area (Å²) in [6, 6.07) is 4.29. The number of phenolic OH excluding ortho intramolecular Hbond substituents is 1. The molecule has 138 valence electrons. The molecule has 9 heteroatoms. The van der Waals surface area contributed by atoms with Crippen LogP contribution in [0, 0.1) is 15.2 Å². The molecule has 26 heavy (non-hydrogen) atoms. The lowest BCUT2D eigenvalue weighted by atomic mass is 10.0. The first-order valence-electron chi connectivity index (χ1n) is 7.27. The molecule has 0 spiro atoms. The minimum Gasteiger partial charge on any atom is -0.506 e.